The summed E-state index contributed by atoms with van der Waals surface area (Å²) in [6, 6.07) is 1.68. The minimum atomic E-state index is -3.78. The predicted molar refractivity (Wildman–Crippen MR) is 67.7 cm³/mol. The second-order valence-electron chi connectivity index (χ2n) is 3.89. The van der Waals surface area contributed by atoms with Gasteiger partial charge in [0.15, 0.2) is 0 Å². The Labute approximate surface area is 111 Å². The minimum absolute atomic E-state index is 0.0269. The molecule has 1 N–H and O–H groups in total. The van der Waals surface area contributed by atoms with Crippen molar-refractivity contribution in [2.45, 2.75) is 17.9 Å². The molecule has 0 aliphatic heterocycles. The second-order valence-corrected chi connectivity index (χ2v) is 5.99. The number of amides is 1. The summed E-state index contributed by atoms with van der Waals surface area (Å²) in [5.41, 5.74) is 0. The molecular formula is C10H14ClN3O3S. The molecule has 0 spiro atoms. The second kappa shape index (κ2) is 5.64. The lowest BCUT2D eigenvalue weighted by Gasteiger charge is -2.18. The van der Waals surface area contributed by atoms with Crippen LogP contribution in [0.5, 0.6) is 0 Å². The number of nitrogens with zero attached hydrogens (tertiary/aromatic N) is 2. The van der Waals surface area contributed by atoms with Crippen molar-refractivity contribution in [1.29, 1.82) is 0 Å². The van der Waals surface area contributed by atoms with E-state index < -0.39 is 16.1 Å². The highest BCUT2D eigenvalue weighted by molar-refractivity contribution is 7.89. The van der Waals surface area contributed by atoms with E-state index in [0.29, 0.717) is 0 Å². The molecule has 1 aromatic rings. The number of hydrogen-bond acceptors (Lipinski definition) is 4. The first-order valence-electron chi connectivity index (χ1n) is 5.09. The Bertz CT molecular complexity index is 545. The zero-order valence-electron chi connectivity index (χ0n) is 10.2. The number of carbonyl (C=O) groups excluding carboxylic acids is 1. The molecule has 0 aromatic carbocycles. The number of likely N-dealkylation sites (N-methyl/N-ethyl adjacent to an activating group) is 1. The van der Waals surface area contributed by atoms with Crippen LogP contribution < -0.4 is 4.72 Å². The molecule has 1 rings (SSSR count). The van der Waals surface area contributed by atoms with Crippen molar-refractivity contribution in [2.24, 2.45) is 0 Å². The van der Waals surface area contributed by atoms with Crippen molar-refractivity contribution in [1.82, 2.24) is 14.6 Å². The molecule has 1 heterocycles. The van der Waals surface area contributed by atoms with E-state index in [1.807, 2.05) is 0 Å². The first-order chi connectivity index (χ1) is 8.24. The monoisotopic (exact) mass is 291 g/mol. The summed E-state index contributed by atoms with van der Waals surface area (Å²) in [5, 5.41) is 0.0736. The number of rotatable bonds is 4. The van der Waals surface area contributed by atoms with Crippen LogP contribution in [0.4, 0.5) is 0 Å². The van der Waals surface area contributed by atoms with Gasteiger partial charge in [0.05, 0.1) is 10.9 Å². The van der Waals surface area contributed by atoms with Gasteiger partial charge in [-0.1, -0.05) is 11.6 Å². The lowest BCUT2D eigenvalue weighted by atomic mass is 10.3. The van der Waals surface area contributed by atoms with Gasteiger partial charge in [0, 0.05) is 20.3 Å². The zero-order valence-corrected chi connectivity index (χ0v) is 11.8. The van der Waals surface area contributed by atoms with Gasteiger partial charge in [-0.2, -0.15) is 4.72 Å². The maximum Gasteiger partial charge on any atom is 0.241 e. The Balaban J connectivity index is 2.93. The average Bonchev–Trinajstić information content (AvgIpc) is 2.27. The summed E-state index contributed by atoms with van der Waals surface area (Å²) in [7, 11) is -0.678. The normalized spacial score (nSPS) is 13.1. The van der Waals surface area contributed by atoms with E-state index in [1.165, 1.54) is 30.2 Å². The van der Waals surface area contributed by atoms with E-state index in [4.69, 9.17) is 11.6 Å². The lowest BCUT2D eigenvalue weighted by Crippen LogP contribution is -2.44. The molecule has 0 fully saturated rings. The number of pyridine rings is 1. The maximum absolute atomic E-state index is 12.0. The molecule has 100 valence electrons. The van der Waals surface area contributed by atoms with Crippen LogP contribution in [0.3, 0.4) is 0 Å². The van der Waals surface area contributed by atoms with Crippen LogP contribution in [0.25, 0.3) is 0 Å². The Kier molecular flexibility index (Phi) is 4.66. The minimum Gasteiger partial charge on any atom is -0.347 e. The first kappa shape index (κ1) is 14.9. The summed E-state index contributed by atoms with van der Waals surface area (Å²) < 4.78 is 26.2. The molecule has 8 heteroatoms. The van der Waals surface area contributed by atoms with E-state index in [-0.39, 0.29) is 16.0 Å². The fourth-order valence-corrected chi connectivity index (χ4v) is 2.74. The van der Waals surface area contributed by atoms with Crippen molar-refractivity contribution in [3.05, 3.63) is 23.5 Å². The van der Waals surface area contributed by atoms with E-state index in [0.717, 1.165) is 0 Å². The molecular weight excluding hydrogens is 278 g/mol. The van der Waals surface area contributed by atoms with Crippen LogP contribution in [0.1, 0.15) is 6.92 Å². The van der Waals surface area contributed by atoms with Crippen molar-refractivity contribution in [3.63, 3.8) is 0 Å². The molecule has 0 bridgehead atoms. The maximum atomic E-state index is 12.0. The van der Waals surface area contributed by atoms with Gasteiger partial charge in [0.2, 0.25) is 15.9 Å². The molecule has 0 radical (unpaired) electrons. The standard InChI is InChI=1S/C10H14ClN3O3S/c1-7(10(15)14(2)3)13-18(16,17)8-4-5-12-9(11)6-8/h4-7,13H,1-3H3. The zero-order chi connectivity index (χ0) is 13.9. The molecule has 1 amide bonds. The van der Waals surface area contributed by atoms with Gasteiger partial charge >= 0.3 is 0 Å². The van der Waals surface area contributed by atoms with Crippen LogP contribution >= 0.6 is 11.6 Å². The number of halogens is 1. The van der Waals surface area contributed by atoms with Crippen molar-refractivity contribution in [2.75, 3.05) is 14.1 Å². The highest BCUT2D eigenvalue weighted by Gasteiger charge is 2.23. The molecule has 0 aliphatic rings. The Hall–Kier alpha value is -1.18. The first-order valence-corrected chi connectivity index (χ1v) is 6.95. The molecule has 6 nitrogen and oxygen atoms in total. The highest BCUT2D eigenvalue weighted by Crippen LogP contribution is 2.13. The van der Waals surface area contributed by atoms with Gasteiger partial charge < -0.3 is 4.90 Å². The Morgan fingerprint density at radius 3 is 2.61 bits per heavy atom. The van der Waals surface area contributed by atoms with Crippen molar-refractivity contribution in [3.8, 4) is 0 Å². The van der Waals surface area contributed by atoms with Gasteiger partial charge in [-0.05, 0) is 19.1 Å². The molecule has 0 saturated carbocycles. The van der Waals surface area contributed by atoms with Gasteiger partial charge in [0.25, 0.3) is 0 Å². The summed E-state index contributed by atoms with van der Waals surface area (Å²) in [5.74, 6) is -0.335. The van der Waals surface area contributed by atoms with Gasteiger partial charge in [-0.25, -0.2) is 13.4 Å². The number of sulfonamides is 1. The predicted octanol–water partition coefficient (Wildman–Crippen LogP) is 0.490. The summed E-state index contributed by atoms with van der Waals surface area (Å²) in [4.78, 5) is 16.6. The van der Waals surface area contributed by atoms with Crippen LogP contribution in [0.15, 0.2) is 23.2 Å². The average molecular weight is 292 g/mol. The van der Waals surface area contributed by atoms with E-state index in [9.17, 15) is 13.2 Å². The van der Waals surface area contributed by atoms with Crippen molar-refractivity contribution >= 4 is 27.5 Å². The van der Waals surface area contributed by atoms with Gasteiger partial charge in [-0.15, -0.1) is 0 Å². The molecule has 1 aromatic heterocycles. The van der Waals surface area contributed by atoms with E-state index in [2.05, 4.69) is 9.71 Å². The third-order valence-electron chi connectivity index (χ3n) is 2.15. The smallest absolute Gasteiger partial charge is 0.241 e. The topological polar surface area (TPSA) is 79.4 Å². The highest BCUT2D eigenvalue weighted by atomic mass is 35.5. The van der Waals surface area contributed by atoms with Crippen LogP contribution in [-0.4, -0.2) is 44.3 Å². The third kappa shape index (κ3) is 3.66. The van der Waals surface area contributed by atoms with Gasteiger partial charge in [0.1, 0.15) is 5.15 Å². The largest absolute Gasteiger partial charge is 0.347 e. The Morgan fingerprint density at radius 1 is 1.50 bits per heavy atom. The van der Waals surface area contributed by atoms with Gasteiger partial charge in [-0.3, -0.25) is 4.79 Å². The fraction of sp³-hybridized carbons (Fsp3) is 0.400. The van der Waals surface area contributed by atoms with Crippen LogP contribution in [-0.2, 0) is 14.8 Å². The molecule has 1 unspecified atom stereocenters. The van der Waals surface area contributed by atoms with Crippen LogP contribution in [0.2, 0.25) is 5.15 Å². The summed E-state index contributed by atoms with van der Waals surface area (Å²) in [6.07, 6.45) is 1.29. The third-order valence-corrected chi connectivity index (χ3v) is 3.90. The number of hydrogen-bond donors (Lipinski definition) is 1. The van der Waals surface area contributed by atoms with E-state index in [1.54, 1.807) is 14.1 Å². The van der Waals surface area contributed by atoms with Crippen molar-refractivity contribution < 1.29 is 13.2 Å². The SMILES string of the molecule is CC(NS(=O)(=O)c1ccnc(Cl)c1)C(=O)N(C)C. The number of nitrogens with one attached hydrogen (secondary N) is 1. The molecule has 0 aliphatic carbocycles. The van der Waals surface area contributed by atoms with Crippen LogP contribution in [0, 0.1) is 0 Å². The lowest BCUT2D eigenvalue weighted by molar-refractivity contribution is -0.130. The molecule has 1 atom stereocenters. The fourth-order valence-electron chi connectivity index (χ4n) is 1.29. The van der Waals surface area contributed by atoms with E-state index >= 15 is 0 Å². The number of aromatic nitrogens is 1. The number of carbonyl (C=O) groups is 1. The summed E-state index contributed by atoms with van der Waals surface area (Å²) in [6.45, 7) is 1.47. The Morgan fingerprint density at radius 2 is 2.11 bits per heavy atom. The quantitative estimate of drug-likeness (QED) is 0.819. The summed E-state index contributed by atoms with van der Waals surface area (Å²) >= 11 is 5.62. The molecule has 18 heavy (non-hydrogen) atoms. The molecule has 0 saturated heterocycles.